The van der Waals surface area contributed by atoms with E-state index in [9.17, 15) is 9.90 Å². The number of carbonyl (C=O) groups is 1. The molecule has 0 aromatic rings. The molecule has 4 atom stereocenters. The van der Waals surface area contributed by atoms with E-state index in [1.165, 1.54) is 12.8 Å². The van der Waals surface area contributed by atoms with Crippen LogP contribution in [0.1, 0.15) is 46.0 Å². The summed E-state index contributed by atoms with van der Waals surface area (Å²) in [6.45, 7) is 4.04. The van der Waals surface area contributed by atoms with E-state index in [0.29, 0.717) is 11.8 Å². The van der Waals surface area contributed by atoms with Crippen LogP contribution in [0, 0.1) is 17.8 Å². The van der Waals surface area contributed by atoms with Crippen molar-refractivity contribution in [3.05, 3.63) is 0 Å². The molecule has 0 heterocycles. The maximum absolute atomic E-state index is 10.6. The number of carboxylic acid groups (broad SMARTS) is 1. The summed E-state index contributed by atoms with van der Waals surface area (Å²) in [5.74, 6) is 0.0433. The molecule has 1 aliphatic rings. The zero-order valence-electron chi connectivity index (χ0n) is 9.65. The lowest BCUT2D eigenvalue weighted by atomic mass is 9.76. The minimum absolute atomic E-state index is 0.0754. The van der Waals surface area contributed by atoms with Crippen LogP contribution in [0.3, 0.4) is 0 Å². The van der Waals surface area contributed by atoms with Gasteiger partial charge in [0.15, 0.2) is 0 Å². The van der Waals surface area contributed by atoms with Crippen molar-refractivity contribution in [2.45, 2.75) is 52.1 Å². The first-order valence-corrected chi connectivity index (χ1v) is 5.90. The second-order valence-electron chi connectivity index (χ2n) is 5.10. The van der Waals surface area contributed by atoms with Crippen molar-refractivity contribution in [3.63, 3.8) is 0 Å². The second kappa shape index (κ2) is 5.50. The number of carboxylic acids is 1. The summed E-state index contributed by atoms with van der Waals surface area (Å²) in [4.78, 5) is 10.6. The molecule has 1 saturated carbocycles. The molecule has 1 fully saturated rings. The molecule has 0 aromatic heterocycles. The van der Waals surface area contributed by atoms with Gasteiger partial charge in [-0.1, -0.05) is 26.7 Å². The topological polar surface area (TPSA) is 57.5 Å². The van der Waals surface area contributed by atoms with Crippen LogP contribution in [0.2, 0.25) is 0 Å². The average Bonchev–Trinajstić information content (AvgIpc) is 2.15. The predicted molar refractivity (Wildman–Crippen MR) is 58.5 cm³/mol. The summed E-state index contributed by atoms with van der Waals surface area (Å²) in [7, 11) is 0. The van der Waals surface area contributed by atoms with Gasteiger partial charge >= 0.3 is 5.97 Å². The lowest BCUT2D eigenvalue weighted by Crippen LogP contribution is -2.32. The number of aliphatic hydroxyl groups excluding tert-OH is 1. The maximum atomic E-state index is 10.6. The third-order valence-electron chi connectivity index (χ3n) is 3.54. The fraction of sp³-hybridized carbons (Fsp3) is 0.917. The van der Waals surface area contributed by atoms with Crippen molar-refractivity contribution in [1.29, 1.82) is 0 Å². The Bertz CT molecular complexity index is 215. The standard InChI is InChI=1S/C12H22O3/c1-8-4-3-5-10(6-8)12(15)9(2)7-11(13)14/h8-10,12,15H,3-7H2,1-2H3,(H,13,14). The van der Waals surface area contributed by atoms with Gasteiger partial charge in [0.2, 0.25) is 0 Å². The van der Waals surface area contributed by atoms with Gasteiger partial charge in [0.25, 0.3) is 0 Å². The molecule has 3 nitrogen and oxygen atoms in total. The van der Waals surface area contributed by atoms with Crippen molar-refractivity contribution in [2.75, 3.05) is 0 Å². The summed E-state index contributed by atoms with van der Waals surface area (Å²) >= 11 is 0. The molecule has 2 N–H and O–H groups in total. The van der Waals surface area contributed by atoms with E-state index in [1.54, 1.807) is 0 Å². The monoisotopic (exact) mass is 214 g/mol. The van der Waals surface area contributed by atoms with Gasteiger partial charge in [-0.25, -0.2) is 0 Å². The van der Waals surface area contributed by atoms with E-state index >= 15 is 0 Å². The number of aliphatic carboxylic acids is 1. The minimum atomic E-state index is -0.814. The van der Waals surface area contributed by atoms with Gasteiger partial charge in [-0.15, -0.1) is 0 Å². The first kappa shape index (κ1) is 12.5. The van der Waals surface area contributed by atoms with Crippen LogP contribution in [0.5, 0.6) is 0 Å². The van der Waals surface area contributed by atoms with Crippen molar-refractivity contribution >= 4 is 5.97 Å². The fourth-order valence-corrected chi connectivity index (χ4v) is 2.65. The predicted octanol–water partition coefficient (Wildman–Crippen LogP) is 2.28. The van der Waals surface area contributed by atoms with Crippen LogP contribution in [-0.2, 0) is 4.79 Å². The highest BCUT2D eigenvalue weighted by Crippen LogP contribution is 2.33. The van der Waals surface area contributed by atoms with Crippen LogP contribution < -0.4 is 0 Å². The quantitative estimate of drug-likeness (QED) is 0.755. The average molecular weight is 214 g/mol. The molecule has 1 aliphatic carbocycles. The molecule has 15 heavy (non-hydrogen) atoms. The largest absolute Gasteiger partial charge is 0.481 e. The zero-order valence-corrected chi connectivity index (χ0v) is 9.65. The van der Waals surface area contributed by atoms with Gasteiger partial charge in [-0.3, -0.25) is 4.79 Å². The molecule has 88 valence electrons. The Morgan fingerprint density at radius 2 is 2.13 bits per heavy atom. The van der Waals surface area contributed by atoms with E-state index in [1.807, 2.05) is 6.92 Å². The minimum Gasteiger partial charge on any atom is -0.481 e. The van der Waals surface area contributed by atoms with Gasteiger partial charge in [-0.05, 0) is 30.6 Å². The molecule has 0 spiro atoms. The lowest BCUT2D eigenvalue weighted by molar-refractivity contribution is -0.139. The number of rotatable bonds is 4. The highest BCUT2D eigenvalue weighted by molar-refractivity contribution is 5.67. The molecular weight excluding hydrogens is 192 g/mol. The molecule has 0 saturated heterocycles. The smallest absolute Gasteiger partial charge is 0.303 e. The Morgan fingerprint density at radius 3 is 2.67 bits per heavy atom. The van der Waals surface area contributed by atoms with Gasteiger partial charge < -0.3 is 10.2 Å². The van der Waals surface area contributed by atoms with E-state index in [4.69, 9.17) is 5.11 Å². The van der Waals surface area contributed by atoms with E-state index < -0.39 is 12.1 Å². The third kappa shape index (κ3) is 3.82. The van der Waals surface area contributed by atoms with Gasteiger partial charge in [-0.2, -0.15) is 0 Å². The van der Waals surface area contributed by atoms with Crippen LogP contribution in [0.15, 0.2) is 0 Å². The Labute approximate surface area is 91.5 Å². The lowest BCUT2D eigenvalue weighted by Gasteiger charge is -2.33. The molecule has 0 aromatic carbocycles. The summed E-state index contributed by atoms with van der Waals surface area (Å²) in [5, 5.41) is 18.7. The van der Waals surface area contributed by atoms with Crippen molar-refractivity contribution in [2.24, 2.45) is 17.8 Å². The van der Waals surface area contributed by atoms with Crippen molar-refractivity contribution in [1.82, 2.24) is 0 Å². The SMILES string of the molecule is CC1CCCC(C(O)C(C)CC(=O)O)C1. The molecular formula is C12H22O3. The highest BCUT2D eigenvalue weighted by Gasteiger charge is 2.29. The summed E-state index contributed by atoms with van der Waals surface area (Å²) in [6, 6.07) is 0. The Morgan fingerprint density at radius 1 is 1.47 bits per heavy atom. The van der Waals surface area contributed by atoms with Gasteiger partial charge in [0.1, 0.15) is 0 Å². The van der Waals surface area contributed by atoms with Crippen LogP contribution >= 0.6 is 0 Å². The Balaban J connectivity index is 2.43. The molecule has 3 heteroatoms. The van der Waals surface area contributed by atoms with Gasteiger partial charge in [0.05, 0.1) is 12.5 Å². The fourth-order valence-electron chi connectivity index (χ4n) is 2.65. The zero-order chi connectivity index (χ0) is 11.4. The number of hydrogen-bond acceptors (Lipinski definition) is 2. The van der Waals surface area contributed by atoms with Gasteiger partial charge in [0, 0.05) is 0 Å². The molecule has 1 rings (SSSR count). The second-order valence-corrected chi connectivity index (χ2v) is 5.10. The highest BCUT2D eigenvalue weighted by atomic mass is 16.4. The summed E-state index contributed by atoms with van der Waals surface area (Å²) in [6.07, 6.45) is 4.15. The van der Waals surface area contributed by atoms with Crippen molar-refractivity contribution in [3.8, 4) is 0 Å². The van der Waals surface area contributed by atoms with E-state index in [0.717, 1.165) is 12.8 Å². The first-order chi connectivity index (χ1) is 7.00. The Kier molecular flexibility index (Phi) is 4.58. The van der Waals surface area contributed by atoms with Crippen LogP contribution in [-0.4, -0.2) is 22.3 Å². The van der Waals surface area contributed by atoms with Crippen LogP contribution in [0.25, 0.3) is 0 Å². The first-order valence-electron chi connectivity index (χ1n) is 5.90. The van der Waals surface area contributed by atoms with E-state index in [2.05, 4.69) is 6.92 Å². The molecule has 0 bridgehead atoms. The maximum Gasteiger partial charge on any atom is 0.303 e. The van der Waals surface area contributed by atoms with Crippen LogP contribution in [0.4, 0.5) is 0 Å². The van der Waals surface area contributed by atoms with Crippen molar-refractivity contribution < 1.29 is 15.0 Å². The summed E-state index contributed by atoms with van der Waals surface area (Å²) < 4.78 is 0. The number of hydrogen-bond donors (Lipinski definition) is 2. The van der Waals surface area contributed by atoms with E-state index in [-0.39, 0.29) is 12.3 Å². The third-order valence-corrected chi connectivity index (χ3v) is 3.54. The molecule has 0 radical (unpaired) electrons. The summed E-state index contributed by atoms with van der Waals surface area (Å²) in [5.41, 5.74) is 0. The number of aliphatic hydroxyl groups is 1. The normalized spacial score (nSPS) is 30.9. The molecule has 0 amide bonds. The molecule has 0 aliphatic heterocycles. The Hall–Kier alpha value is -0.570. The molecule has 4 unspecified atom stereocenters.